The molecule has 110 valence electrons. The molecule has 0 aliphatic heterocycles. The van der Waals surface area contributed by atoms with Crippen molar-refractivity contribution in [2.45, 2.75) is 43.8 Å². The van der Waals surface area contributed by atoms with Crippen molar-refractivity contribution in [2.75, 3.05) is 6.54 Å². The van der Waals surface area contributed by atoms with Gasteiger partial charge in [0.2, 0.25) is 5.16 Å². The molecular formula is C10H19N9S. The second-order valence-electron chi connectivity index (χ2n) is 5.35. The second kappa shape index (κ2) is 6.27. The number of nitrogens with one attached hydrogen (secondary N) is 1. The van der Waals surface area contributed by atoms with Gasteiger partial charge in [-0.1, -0.05) is 11.8 Å². The van der Waals surface area contributed by atoms with E-state index < -0.39 is 0 Å². The Morgan fingerprint density at radius 1 is 1.20 bits per heavy atom. The van der Waals surface area contributed by atoms with E-state index in [0.29, 0.717) is 11.6 Å². The Hall–Kier alpha value is -1.55. The van der Waals surface area contributed by atoms with Crippen LogP contribution in [0, 0.1) is 0 Å². The second-order valence-corrected chi connectivity index (χ2v) is 6.29. The fourth-order valence-electron chi connectivity index (χ4n) is 1.49. The van der Waals surface area contributed by atoms with Crippen molar-refractivity contribution in [2.24, 2.45) is 7.05 Å². The molecule has 0 radical (unpaired) electrons. The van der Waals surface area contributed by atoms with Gasteiger partial charge in [0.25, 0.3) is 0 Å². The van der Waals surface area contributed by atoms with E-state index >= 15 is 0 Å². The summed E-state index contributed by atoms with van der Waals surface area (Å²) < 4.78 is 1.78. The summed E-state index contributed by atoms with van der Waals surface area (Å²) in [6.45, 7) is 7.91. The highest BCUT2D eigenvalue weighted by atomic mass is 32.2. The van der Waals surface area contributed by atoms with Crippen molar-refractivity contribution < 1.29 is 0 Å². The van der Waals surface area contributed by atoms with Gasteiger partial charge in [-0.2, -0.15) is 4.80 Å². The Morgan fingerprint density at radius 3 is 2.65 bits per heavy atom. The molecule has 9 nitrogen and oxygen atoms in total. The quantitative estimate of drug-likeness (QED) is 0.737. The topological polar surface area (TPSA) is 99.2 Å². The number of hydrogen-bond donors (Lipinski definition) is 1. The first kappa shape index (κ1) is 14.9. The SMILES string of the molecule is Cn1nnc(CSc2nnnn2CCNC(C)(C)C)n1. The maximum Gasteiger partial charge on any atom is 0.209 e. The maximum atomic E-state index is 4.12. The Labute approximate surface area is 121 Å². The molecular weight excluding hydrogens is 278 g/mol. The fourth-order valence-corrected chi connectivity index (χ4v) is 2.23. The summed E-state index contributed by atoms with van der Waals surface area (Å²) in [6, 6.07) is 0. The van der Waals surface area contributed by atoms with Crippen LogP contribution in [0.5, 0.6) is 0 Å². The van der Waals surface area contributed by atoms with Gasteiger partial charge in [-0.05, 0) is 36.4 Å². The molecule has 0 aliphatic rings. The molecule has 1 N–H and O–H groups in total. The first-order chi connectivity index (χ1) is 9.44. The van der Waals surface area contributed by atoms with Gasteiger partial charge in [-0.15, -0.1) is 15.3 Å². The van der Waals surface area contributed by atoms with Crippen molar-refractivity contribution in [1.82, 2.24) is 45.7 Å². The molecule has 0 fully saturated rings. The molecule has 0 aliphatic carbocycles. The van der Waals surface area contributed by atoms with Crippen molar-refractivity contribution in [3.63, 3.8) is 0 Å². The molecule has 0 saturated carbocycles. The predicted molar refractivity (Wildman–Crippen MR) is 73.9 cm³/mol. The minimum atomic E-state index is 0.0882. The normalized spacial score (nSPS) is 12.0. The van der Waals surface area contributed by atoms with Crippen LogP contribution in [-0.2, 0) is 19.3 Å². The van der Waals surface area contributed by atoms with E-state index in [2.05, 4.69) is 57.0 Å². The van der Waals surface area contributed by atoms with Crippen LogP contribution in [-0.4, -0.2) is 52.5 Å². The maximum absolute atomic E-state index is 4.12. The fraction of sp³-hybridized carbons (Fsp3) is 0.800. The lowest BCUT2D eigenvalue weighted by Crippen LogP contribution is -2.38. The summed E-state index contributed by atoms with van der Waals surface area (Å²) in [5, 5.41) is 27.7. The molecule has 10 heteroatoms. The first-order valence-electron chi connectivity index (χ1n) is 6.31. The van der Waals surface area contributed by atoms with Crippen molar-refractivity contribution >= 4 is 11.8 Å². The Kier molecular flexibility index (Phi) is 4.65. The molecule has 0 bridgehead atoms. The first-order valence-corrected chi connectivity index (χ1v) is 7.29. The third-order valence-electron chi connectivity index (χ3n) is 2.36. The zero-order valence-corrected chi connectivity index (χ0v) is 12.9. The van der Waals surface area contributed by atoms with Gasteiger partial charge in [-0.3, -0.25) is 0 Å². The van der Waals surface area contributed by atoms with Gasteiger partial charge in [0.1, 0.15) is 0 Å². The van der Waals surface area contributed by atoms with Crippen molar-refractivity contribution in [1.29, 1.82) is 0 Å². The Balaban J connectivity index is 1.85. The van der Waals surface area contributed by atoms with Crippen molar-refractivity contribution in [3.8, 4) is 0 Å². The summed E-state index contributed by atoms with van der Waals surface area (Å²) >= 11 is 1.50. The number of tetrazole rings is 2. The van der Waals surface area contributed by atoms with Crippen LogP contribution >= 0.6 is 11.8 Å². The lowest BCUT2D eigenvalue weighted by Gasteiger charge is -2.20. The number of hydrogen-bond acceptors (Lipinski definition) is 8. The van der Waals surface area contributed by atoms with E-state index in [0.717, 1.165) is 18.2 Å². The zero-order valence-electron chi connectivity index (χ0n) is 12.1. The number of rotatable bonds is 6. The van der Waals surface area contributed by atoms with Crippen LogP contribution in [0.1, 0.15) is 26.6 Å². The monoisotopic (exact) mass is 297 g/mol. The van der Waals surface area contributed by atoms with Crippen molar-refractivity contribution in [3.05, 3.63) is 5.82 Å². The van der Waals surface area contributed by atoms with E-state index in [9.17, 15) is 0 Å². The molecule has 20 heavy (non-hydrogen) atoms. The van der Waals surface area contributed by atoms with Crippen LogP contribution in [0.15, 0.2) is 5.16 Å². The lowest BCUT2D eigenvalue weighted by atomic mass is 10.1. The number of aromatic nitrogens is 8. The van der Waals surface area contributed by atoms with E-state index in [-0.39, 0.29) is 5.54 Å². The van der Waals surface area contributed by atoms with Crippen LogP contribution in [0.2, 0.25) is 0 Å². The van der Waals surface area contributed by atoms with Gasteiger partial charge in [0, 0.05) is 12.1 Å². The molecule has 0 spiro atoms. The lowest BCUT2D eigenvalue weighted by molar-refractivity contribution is 0.396. The minimum Gasteiger partial charge on any atom is -0.310 e. The number of thioether (sulfide) groups is 1. The van der Waals surface area contributed by atoms with Crippen LogP contribution in [0.25, 0.3) is 0 Å². The summed E-state index contributed by atoms with van der Waals surface area (Å²) in [5.74, 6) is 1.26. The van der Waals surface area contributed by atoms with Crippen LogP contribution in [0.3, 0.4) is 0 Å². The number of aryl methyl sites for hydroxylation is 1. The smallest absolute Gasteiger partial charge is 0.209 e. The zero-order chi connectivity index (χ0) is 14.6. The van der Waals surface area contributed by atoms with Gasteiger partial charge in [0.15, 0.2) is 5.82 Å². The van der Waals surface area contributed by atoms with Gasteiger partial charge < -0.3 is 5.32 Å². The molecule has 2 aromatic heterocycles. The highest BCUT2D eigenvalue weighted by molar-refractivity contribution is 7.98. The molecule has 2 aromatic rings. The Morgan fingerprint density at radius 2 is 2.00 bits per heavy atom. The third kappa shape index (κ3) is 4.53. The average molecular weight is 297 g/mol. The van der Waals surface area contributed by atoms with Gasteiger partial charge in [0.05, 0.1) is 19.3 Å². The van der Waals surface area contributed by atoms with Crippen LogP contribution < -0.4 is 5.32 Å². The number of nitrogens with zero attached hydrogens (tertiary/aromatic N) is 8. The summed E-state index contributed by atoms with van der Waals surface area (Å²) in [7, 11) is 1.74. The molecule has 0 unspecified atom stereocenters. The largest absolute Gasteiger partial charge is 0.310 e. The average Bonchev–Trinajstić information content (AvgIpc) is 2.94. The van der Waals surface area contributed by atoms with Crippen LogP contribution in [0.4, 0.5) is 0 Å². The summed E-state index contributed by atoms with van der Waals surface area (Å²) in [5.41, 5.74) is 0.0882. The van der Waals surface area contributed by atoms with Gasteiger partial charge in [-0.25, -0.2) is 4.68 Å². The van der Waals surface area contributed by atoms with E-state index in [1.807, 2.05) is 0 Å². The molecule has 0 atom stereocenters. The summed E-state index contributed by atoms with van der Waals surface area (Å²) in [4.78, 5) is 1.44. The Bertz CT molecular complexity index is 541. The highest BCUT2D eigenvalue weighted by Gasteiger charge is 2.11. The standard InChI is InChI=1S/C10H19N9S/c1-10(2,3)11-5-6-19-9(13-15-17-19)20-7-8-12-16-18(4)14-8/h11H,5-7H2,1-4H3. The van der Waals surface area contributed by atoms with E-state index in [1.54, 1.807) is 11.7 Å². The molecule has 2 heterocycles. The molecule has 0 aromatic carbocycles. The predicted octanol–water partition coefficient (Wildman–Crippen LogP) is -0.123. The minimum absolute atomic E-state index is 0.0882. The molecule has 0 amide bonds. The molecule has 0 saturated heterocycles. The summed E-state index contributed by atoms with van der Waals surface area (Å²) in [6.07, 6.45) is 0. The molecule has 2 rings (SSSR count). The van der Waals surface area contributed by atoms with E-state index in [1.165, 1.54) is 16.6 Å². The third-order valence-corrected chi connectivity index (χ3v) is 3.31. The van der Waals surface area contributed by atoms with Gasteiger partial charge >= 0.3 is 0 Å². The highest BCUT2D eigenvalue weighted by Crippen LogP contribution is 2.17. The van der Waals surface area contributed by atoms with E-state index in [4.69, 9.17) is 0 Å².